The third-order valence-electron chi connectivity index (χ3n) is 11.2. The Bertz CT molecular complexity index is 1110. The van der Waals surface area contributed by atoms with Gasteiger partial charge in [0.25, 0.3) is 0 Å². The summed E-state index contributed by atoms with van der Waals surface area (Å²) in [5.74, 6) is -2.77. The molecule has 0 aromatic carbocycles. The van der Waals surface area contributed by atoms with E-state index in [1.54, 1.807) is 0 Å². The van der Waals surface area contributed by atoms with Crippen molar-refractivity contribution in [1.29, 1.82) is 0 Å². The van der Waals surface area contributed by atoms with Crippen molar-refractivity contribution in [3.63, 3.8) is 0 Å². The van der Waals surface area contributed by atoms with Crippen molar-refractivity contribution in [2.24, 2.45) is 39.9 Å². The first-order valence-electron chi connectivity index (χ1n) is 14.1. The number of ether oxygens (including phenoxy) is 1. The zero-order valence-electron chi connectivity index (χ0n) is 23.9. The molecule has 210 valence electrons. The van der Waals surface area contributed by atoms with Crippen molar-refractivity contribution in [1.82, 2.24) is 0 Å². The molecule has 0 amide bonds. The zero-order chi connectivity index (χ0) is 28.4. The van der Waals surface area contributed by atoms with Crippen LogP contribution in [0.3, 0.4) is 0 Å². The number of aliphatic hydroxyl groups is 1. The van der Waals surface area contributed by atoms with E-state index in [4.69, 9.17) is 4.74 Å². The average Bonchev–Trinajstić information content (AvgIpc) is 3.09. The summed E-state index contributed by atoms with van der Waals surface area (Å²) in [7, 11) is 0. The lowest BCUT2D eigenvalue weighted by Crippen LogP contribution is -2.69. The number of ketones is 2. The van der Waals surface area contributed by atoms with Crippen LogP contribution in [-0.4, -0.2) is 45.9 Å². The van der Waals surface area contributed by atoms with E-state index in [0.29, 0.717) is 50.5 Å². The number of hydrogen-bond donors (Lipinski definition) is 2. The number of carbonyl (C=O) groups is 4. The Morgan fingerprint density at radius 1 is 1.11 bits per heavy atom. The summed E-state index contributed by atoms with van der Waals surface area (Å²) >= 11 is 0. The van der Waals surface area contributed by atoms with Gasteiger partial charge in [-0.25, -0.2) is 4.79 Å². The average molecular weight is 529 g/mol. The maximum absolute atomic E-state index is 14.3. The van der Waals surface area contributed by atoms with Crippen LogP contribution in [0, 0.1) is 39.9 Å². The highest BCUT2D eigenvalue weighted by Gasteiger charge is 2.73. The maximum Gasteiger partial charge on any atom is 0.331 e. The van der Waals surface area contributed by atoms with E-state index >= 15 is 0 Å². The third kappa shape index (κ3) is 4.02. The van der Waals surface area contributed by atoms with Crippen molar-refractivity contribution in [2.45, 2.75) is 106 Å². The van der Waals surface area contributed by atoms with Gasteiger partial charge in [0.15, 0.2) is 5.78 Å². The van der Waals surface area contributed by atoms with Gasteiger partial charge in [-0.1, -0.05) is 39.3 Å². The molecule has 0 saturated heterocycles. The molecule has 0 heterocycles. The fraction of sp³-hybridized carbons (Fsp3) is 0.742. The fourth-order valence-electron chi connectivity index (χ4n) is 9.37. The standard InChI is InChI=1S/C31H44O7/c1-16(2)9-8-10-19(28(36)37)24-20-11-12-23-29(5)14-13-21(33)17(3)25(29)26(34)27(35)31(23,7)30(20,6)15-22(24)38-18(4)32/h9,17,20,22-23,25-26,34H,8,10-15H2,1-7H3,(H,36,37)/b24-19-/t17-,20+,22+,23+,25+,26-,29-,30+,31-/m0/s1. The van der Waals surface area contributed by atoms with E-state index in [2.05, 4.69) is 6.92 Å². The minimum Gasteiger partial charge on any atom is -0.478 e. The highest BCUT2D eigenvalue weighted by Crippen LogP contribution is 2.73. The third-order valence-corrected chi connectivity index (χ3v) is 11.2. The van der Waals surface area contributed by atoms with Gasteiger partial charge in [0, 0.05) is 36.2 Å². The van der Waals surface area contributed by atoms with E-state index in [0.717, 1.165) is 5.57 Å². The summed E-state index contributed by atoms with van der Waals surface area (Å²) in [6, 6.07) is 0. The number of rotatable bonds is 5. The zero-order valence-corrected chi connectivity index (χ0v) is 23.9. The van der Waals surface area contributed by atoms with Gasteiger partial charge in [-0.2, -0.15) is 0 Å². The number of esters is 1. The van der Waals surface area contributed by atoms with Crippen LogP contribution in [0.4, 0.5) is 0 Å². The largest absolute Gasteiger partial charge is 0.478 e. The van der Waals surface area contributed by atoms with E-state index < -0.39 is 46.3 Å². The molecule has 0 radical (unpaired) electrons. The van der Waals surface area contributed by atoms with E-state index in [-0.39, 0.29) is 34.9 Å². The number of carboxylic acids is 1. The molecule has 0 spiro atoms. The summed E-state index contributed by atoms with van der Waals surface area (Å²) in [5.41, 5.74) is -0.0476. The number of carboxylic acid groups (broad SMARTS) is 1. The van der Waals surface area contributed by atoms with E-state index in [9.17, 15) is 29.4 Å². The van der Waals surface area contributed by atoms with E-state index in [1.165, 1.54) is 6.92 Å². The molecule has 2 N–H and O–H groups in total. The van der Waals surface area contributed by atoms with Crippen molar-refractivity contribution in [2.75, 3.05) is 0 Å². The van der Waals surface area contributed by atoms with Gasteiger partial charge in [-0.3, -0.25) is 14.4 Å². The van der Waals surface area contributed by atoms with Crippen molar-refractivity contribution in [3.8, 4) is 0 Å². The molecule has 7 heteroatoms. The monoisotopic (exact) mass is 528 g/mol. The number of allylic oxidation sites excluding steroid dienone is 2. The summed E-state index contributed by atoms with van der Waals surface area (Å²) in [6.07, 6.45) is 3.69. The predicted octanol–water partition coefficient (Wildman–Crippen LogP) is 5.05. The smallest absolute Gasteiger partial charge is 0.331 e. The van der Waals surface area contributed by atoms with Crippen molar-refractivity contribution in [3.05, 3.63) is 22.8 Å². The molecule has 7 nitrogen and oxygen atoms in total. The first-order chi connectivity index (χ1) is 17.6. The van der Waals surface area contributed by atoms with Gasteiger partial charge in [0.1, 0.15) is 18.0 Å². The van der Waals surface area contributed by atoms with Gasteiger partial charge in [-0.15, -0.1) is 0 Å². The molecule has 4 fully saturated rings. The van der Waals surface area contributed by atoms with Crippen LogP contribution in [0.1, 0.15) is 93.4 Å². The van der Waals surface area contributed by atoms with Crippen LogP contribution in [0.2, 0.25) is 0 Å². The second-order valence-corrected chi connectivity index (χ2v) is 13.3. The molecule has 4 aliphatic rings. The Labute approximate surface area is 226 Å². The van der Waals surface area contributed by atoms with Gasteiger partial charge >= 0.3 is 11.9 Å². The molecule has 9 atom stereocenters. The second kappa shape index (κ2) is 9.72. The Morgan fingerprint density at radius 3 is 2.34 bits per heavy atom. The number of aliphatic carboxylic acids is 1. The Morgan fingerprint density at radius 2 is 1.76 bits per heavy atom. The lowest BCUT2D eigenvalue weighted by Gasteiger charge is -2.67. The predicted molar refractivity (Wildman–Crippen MR) is 142 cm³/mol. The topological polar surface area (TPSA) is 118 Å². The van der Waals surface area contributed by atoms with Crippen LogP contribution >= 0.6 is 0 Å². The Hall–Kier alpha value is -2.28. The quantitative estimate of drug-likeness (QED) is 0.291. The van der Waals surface area contributed by atoms with Crippen molar-refractivity contribution >= 4 is 23.5 Å². The molecule has 38 heavy (non-hydrogen) atoms. The molecular formula is C31H44O7. The van der Waals surface area contributed by atoms with Crippen molar-refractivity contribution < 1.29 is 34.1 Å². The lowest BCUT2D eigenvalue weighted by molar-refractivity contribution is -0.213. The molecule has 0 bridgehead atoms. The Balaban J connectivity index is 1.86. The molecular weight excluding hydrogens is 484 g/mol. The molecule has 4 aliphatic carbocycles. The summed E-state index contributed by atoms with van der Waals surface area (Å²) in [5, 5.41) is 21.8. The Kier molecular flexibility index (Phi) is 7.35. The number of carbonyl (C=O) groups excluding carboxylic acids is 3. The van der Waals surface area contributed by atoms with E-state index in [1.807, 2.05) is 40.7 Å². The molecule has 0 unspecified atom stereocenters. The SMILES string of the molecule is CC(=O)O[C@@H]1C[C@]2(C)[C@H](CC[C@@H]3[C@]4(C)CCC(=O)[C@H](C)[C@@H]4[C@H](O)C(=O)[C@]32C)/C1=C(\CCC=C(C)C)C(=O)O. The molecule has 4 saturated carbocycles. The molecule has 0 aliphatic heterocycles. The number of Topliss-reactive ketones (excluding diaryl/α,β-unsaturated/α-hetero) is 2. The van der Waals surface area contributed by atoms with Crippen LogP contribution in [0.15, 0.2) is 22.8 Å². The molecule has 4 rings (SSSR count). The first-order valence-corrected chi connectivity index (χ1v) is 14.1. The van der Waals surface area contributed by atoms with Crippen LogP contribution < -0.4 is 0 Å². The number of aliphatic hydroxyl groups excluding tert-OH is 1. The summed E-state index contributed by atoms with van der Waals surface area (Å²) < 4.78 is 5.80. The maximum atomic E-state index is 14.3. The first kappa shape index (κ1) is 28.7. The minimum absolute atomic E-state index is 0.0658. The molecule has 0 aromatic heterocycles. The van der Waals surface area contributed by atoms with Gasteiger partial charge < -0.3 is 14.9 Å². The summed E-state index contributed by atoms with van der Waals surface area (Å²) in [4.78, 5) is 51.7. The lowest BCUT2D eigenvalue weighted by atomic mass is 9.36. The van der Waals surface area contributed by atoms with Crippen LogP contribution in [-0.2, 0) is 23.9 Å². The second-order valence-electron chi connectivity index (χ2n) is 13.3. The summed E-state index contributed by atoms with van der Waals surface area (Å²) in [6.45, 7) is 13.2. The van der Waals surface area contributed by atoms with Gasteiger partial charge in [0.05, 0.1) is 0 Å². The molecule has 0 aromatic rings. The van der Waals surface area contributed by atoms with Gasteiger partial charge in [-0.05, 0) is 80.6 Å². The highest BCUT2D eigenvalue weighted by molar-refractivity contribution is 5.94. The minimum atomic E-state index is -1.26. The van der Waals surface area contributed by atoms with Crippen LogP contribution in [0.5, 0.6) is 0 Å². The number of hydrogen-bond acceptors (Lipinski definition) is 6. The van der Waals surface area contributed by atoms with Crippen LogP contribution in [0.25, 0.3) is 0 Å². The number of fused-ring (bicyclic) bond motifs is 5. The van der Waals surface area contributed by atoms with Gasteiger partial charge in [0.2, 0.25) is 0 Å². The highest BCUT2D eigenvalue weighted by atomic mass is 16.5. The fourth-order valence-corrected chi connectivity index (χ4v) is 9.37. The normalized spacial score (nSPS) is 43.5.